The Morgan fingerprint density at radius 1 is 1.03 bits per heavy atom. The molecule has 0 radical (unpaired) electrons. The molecule has 9 nitrogen and oxygen atoms in total. The van der Waals surface area contributed by atoms with Gasteiger partial charge in [0.05, 0.1) is 25.5 Å². The number of aromatic nitrogens is 4. The summed E-state index contributed by atoms with van der Waals surface area (Å²) in [5.74, 6) is 2.07. The monoisotopic (exact) mass is 468 g/mol. The van der Waals surface area contributed by atoms with Crippen LogP contribution in [0.4, 0.5) is 11.6 Å². The van der Waals surface area contributed by atoms with E-state index in [9.17, 15) is 4.79 Å². The Bertz CT molecular complexity index is 1400. The minimum atomic E-state index is -0.523. The van der Waals surface area contributed by atoms with Crippen LogP contribution in [0.15, 0.2) is 84.3 Å². The van der Waals surface area contributed by atoms with Crippen LogP contribution < -0.4 is 20.1 Å². The van der Waals surface area contributed by atoms with E-state index in [4.69, 9.17) is 14.6 Å². The maximum Gasteiger partial charge on any atom is 0.255 e. The zero-order valence-electron chi connectivity index (χ0n) is 19.5. The Hall–Kier alpha value is -4.66. The van der Waals surface area contributed by atoms with Gasteiger partial charge in [-0.25, -0.2) is 4.68 Å². The largest absolute Gasteiger partial charge is 0.497 e. The molecular formula is C26H24N6O3. The van der Waals surface area contributed by atoms with E-state index in [1.54, 1.807) is 43.4 Å². The number of rotatable bonds is 6. The first-order valence-corrected chi connectivity index (χ1v) is 11.0. The molecule has 176 valence electrons. The fraction of sp³-hybridized carbons (Fsp3) is 0.154. The van der Waals surface area contributed by atoms with Crippen LogP contribution in [-0.4, -0.2) is 39.9 Å². The number of benzene rings is 2. The molecule has 1 aliphatic rings. The van der Waals surface area contributed by atoms with Gasteiger partial charge in [0.1, 0.15) is 17.5 Å². The molecule has 1 atom stereocenters. The minimum Gasteiger partial charge on any atom is -0.497 e. The van der Waals surface area contributed by atoms with E-state index in [1.165, 1.54) is 0 Å². The van der Waals surface area contributed by atoms with Crippen LogP contribution in [-0.2, 0) is 4.79 Å². The summed E-state index contributed by atoms with van der Waals surface area (Å²) in [5, 5.41) is 11.0. The second kappa shape index (κ2) is 9.30. The normalized spacial score (nSPS) is 14.7. The molecule has 0 fully saturated rings. The van der Waals surface area contributed by atoms with Crippen LogP contribution in [0.1, 0.15) is 18.5 Å². The maximum atomic E-state index is 13.7. The number of allylic oxidation sites excluding steroid dienone is 1. The second-order valence-electron chi connectivity index (χ2n) is 7.94. The zero-order valence-corrected chi connectivity index (χ0v) is 19.5. The Balaban J connectivity index is 1.60. The van der Waals surface area contributed by atoms with Crippen molar-refractivity contribution in [2.45, 2.75) is 13.0 Å². The van der Waals surface area contributed by atoms with Gasteiger partial charge < -0.3 is 20.1 Å². The molecule has 35 heavy (non-hydrogen) atoms. The molecule has 5 rings (SSSR count). The summed E-state index contributed by atoms with van der Waals surface area (Å²) in [7, 11) is 3.19. The summed E-state index contributed by atoms with van der Waals surface area (Å²) >= 11 is 0. The number of nitrogens with one attached hydrogen (secondary N) is 2. The van der Waals surface area contributed by atoms with Crippen molar-refractivity contribution in [1.29, 1.82) is 0 Å². The lowest BCUT2D eigenvalue weighted by atomic mass is 9.95. The fourth-order valence-corrected chi connectivity index (χ4v) is 4.09. The molecule has 2 N–H and O–H groups in total. The Labute approximate surface area is 202 Å². The predicted octanol–water partition coefficient (Wildman–Crippen LogP) is 4.28. The molecule has 2 aromatic heterocycles. The highest BCUT2D eigenvalue weighted by Crippen LogP contribution is 2.37. The van der Waals surface area contributed by atoms with Gasteiger partial charge in [-0.2, -0.15) is 4.98 Å². The summed E-state index contributed by atoms with van der Waals surface area (Å²) in [6, 6.07) is 18.1. The number of fused-ring (bicyclic) bond motifs is 1. The van der Waals surface area contributed by atoms with Gasteiger partial charge in [-0.1, -0.05) is 24.3 Å². The first kappa shape index (κ1) is 22.1. The third-order valence-electron chi connectivity index (χ3n) is 5.80. The molecular weight excluding hydrogens is 444 g/mol. The van der Waals surface area contributed by atoms with Gasteiger partial charge in [0.25, 0.3) is 5.91 Å². The molecule has 0 saturated heterocycles. The van der Waals surface area contributed by atoms with Gasteiger partial charge in [-0.15, -0.1) is 5.10 Å². The van der Waals surface area contributed by atoms with E-state index >= 15 is 0 Å². The summed E-state index contributed by atoms with van der Waals surface area (Å²) in [5.41, 5.74) is 3.41. The smallest absolute Gasteiger partial charge is 0.255 e. The zero-order chi connectivity index (χ0) is 24.4. The molecule has 0 saturated carbocycles. The van der Waals surface area contributed by atoms with Crippen molar-refractivity contribution in [2.24, 2.45) is 0 Å². The highest BCUT2D eigenvalue weighted by molar-refractivity contribution is 6.06. The van der Waals surface area contributed by atoms with Crippen LogP contribution in [0.5, 0.6) is 11.5 Å². The summed E-state index contributed by atoms with van der Waals surface area (Å²) < 4.78 is 12.5. The predicted molar refractivity (Wildman–Crippen MR) is 132 cm³/mol. The lowest BCUT2D eigenvalue weighted by Gasteiger charge is -2.29. The lowest BCUT2D eigenvalue weighted by Crippen LogP contribution is -2.31. The van der Waals surface area contributed by atoms with Crippen LogP contribution >= 0.6 is 0 Å². The number of carbonyl (C=O) groups is 1. The number of anilines is 2. The summed E-state index contributed by atoms with van der Waals surface area (Å²) in [6.45, 7) is 1.86. The number of hydrogen-bond acceptors (Lipinski definition) is 7. The van der Waals surface area contributed by atoms with Gasteiger partial charge in [0.2, 0.25) is 5.95 Å². The molecule has 3 heterocycles. The fourth-order valence-electron chi connectivity index (χ4n) is 4.09. The van der Waals surface area contributed by atoms with Gasteiger partial charge in [-0.3, -0.25) is 9.78 Å². The number of hydrogen-bond donors (Lipinski definition) is 2. The lowest BCUT2D eigenvalue weighted by molar-refractivity contribution is -0.113. The molecule has 1 aliphatic heterocycles. The SMILES string of the molecule is COc1ccc(C2C(C(=O)Nc3ccccc3OC)=C(C)Nc3nc(-c4cccnc4)nn32)cc1. The number of carbonyl (C=O) groups excluding carboxylic acids is 1. The van der Waals surface area contributed by atoms with Crippen molar-refractivity contribution < 1.29 is 14.3 Å². The van der Waals surface area contributed by atoms with Crippen molar-refractivity contribution in [3.8, 4) is 22.9 Å². The summed E-state index contributed by atoms with van der Waals surface area (Å²) in [6.07, 6.45) is 3.41. The van der Waals surface area contributed by atoms with Crippen molar-refractivity contribution in [3.05, 3.63) is 89.9 Å². The van der Waals surface area contributed by atoms with Gasteiger partial charge in [0.15, 0.2) is 5.82 Å². The van der Waals surface area contributed by atoms with E-state index in [-0.39, 0.29) is 5.91 Å². The highest BCUT2D eigenvalue weighted by Gasteiger charge is 2.34. The Morgan fingerprint density at radius 2 is 1.83 bits per heavy atom. The molecule has 0 spiro atoms. The van der Waals surface area contributed by atoms with E-state index < -0.39 is 6.04 Å². The third kappa shape index (κ3) is 4.19. The standard InChI is InChI=1S/C26H24N6O3/c1-16-22(25(33)29-20-8-4-5-9-21(20)35-3)23(17-10-12-19(34-2)13-11-17)32-26(28-16)30-24(31-32)18-7-6-14-27-15-18/h4-15,23H,1-3H3,(H,29,33)(H,28,30,31). The first-order valence-electron chi connectivity index (χ1n) is 11.0. The molecule has 1 unspecified atom stereocenters. The van der Waals surface area contributed by atoms with E-state index in [2.05, 4.69) is 20.6 Å². The van der Waals surface area contributed by atoms with Gasteiger partial charge in [-0.05, 0) is 48.9 Å². The summed E-state index contributed by atoms with van der Waals surface area (Å²) in [4.78, 5) is 22.5. The minimum absolute atomic E-state index is 0.274. The number of ether oxygens (including phenoxy) is 2. The van der Waals surface area contributed by atoms with Crippen molar-refractivity contribution in [3.63, 3.8) is 0 Å². The Morgan fingerprint density at radius 3 is 2.54 bits per heavy atom. The molecule has 9 heteroatoms. The molecule has 1 amide bonds. The van der Waals surface area contributed by atoms with Gasteiger partial charge >= 0.3 is 0 Å². The van der Waals surface area contributed by atoms with E-state index in [1.807, 2.05) is 55.5 Å². The van der Waals surface area contributed by atoms with Gasteiger partial charge in [0, 0.05) is 23.7 Å². The van der Waals surface area contributed by atoms with Crippen molar-refractivity contribution >= 4 is 17.5 Å². The number of amides is 1. The number of para-hydroxylation sites is 2. The van der Waals surface area contributed by atoms with Crippen molar-refractivity contribution in [2.75, 3.05) is 24.9 Å². The topological polar surface area (TPSA) is 103 Å². The second-order valence-corrected chi connectivity index (χ2v) is 7.94. The first-order chi connectivity index (χ1) is 17.1. The maximum absolute atomic E-state index is 13.7. The average Bonchev–Trinajstić information content (AvgIpc) is 3.32. The molecule has 0 aliphatic carbocycles. The highest BCUT2D eigenvalue weighted by atomic mass is 16.5. The van der Waals surface area contributed by atoms with E-state index in [0.29, 0.717) is 34.5 Å². The molecule has 4 aromatic rings. The number of nitrogens with zero attached hydrogens (tertiary/aromatic N) is 4. The van der Waals surface area contributed by atoms with Crippen LogP contribution in [0.2, 0.25) is 0 Å². The van der Waals surface area contributed by atoms with E-state index in [0.717, 1.165) is 16.9 Å². The Kier molecular flexibility index (Phi) is 5.88. The van der Waals surface area contributed by atoms with Crippen LogP contribution in [0, 0.1) is 0 Å². The van der Waals surface area contributed by atoms with Crippen LogP contribution in [0.3, 0.4) is 0 Å². The quantitative estimate of drug-likeness (QED) is 0.435. The number of pyridine rings is 1. The van der Waals surface area contributed by atoms with Crippen LogP contribution in [0.25, 0.3) is 11.4 Å². The average molecular weight is 469 g/mol. The number of methoxy groups -OCH3 is 2. The van der Waals surface area contributed by atoms with Crippen molar-refractivity contribution in [1.82, 2.24) is 19.7 Å². The molecule has 2 aromatic carbocycles. The third-order valence-corrected chi connectivity index (χ3v) is 5.80. The molecule has 0 bridgehead atoms.